The van der Waals surface area contributed by atoms with Gasteiger partial charge in [-0.1, -0.05) is 29.8 Å². The number of hydrogen-bond donors (Lipinski definition) is 0. The maximum absolute atomic E-state index is 4.23. The van der Waals surface area contributed by atoms with Gasteiger partial charge in [-0.25, -0.2) is 4.98 Å². The molecule has 60 valence electrons. The Morgan fingerprint density at radius 2 is 1.92 bits per heavy atom. The van der Waals surface area contributed by atoms with Crippen molar-refractivity contribution >= 4 is 11.3 Å². The summed E-state index contributed by atoms with van der Waals surface area (Å²) in [5.74, 6) is 0. The highest BCUT2D eigenvalue weighted by atomic mass is 32.1. The molecule has 1 aromatic carbocycles. The van der Waals surface area contributed by atoms with Gasteiger partial charge in [-0.2, -0.15) is 0 Å². The quantitative estimate of drug-likeness (QED) is 0.649. The molecule has 0 saturated heterocycles. The zero-order valence-corrected chi connectivity index (χ0v) is 7.64. The van der Waals surface area contributed by atoms with Gasteiger partial charge in [0.15, 0.2) is 0 Å². The maximum atomic E-state index is 4.23. The minimum Gasteiger partial charge on any atom is -0.245 e. The first-order valence-corrected chi connectivity index (χ1v) is 4.76. The van der Waals surface area contributed by atoms with Crippen LogP contribution in [0.15, 0.2) is 35.2 Å². The number of thiazole rings is 1. The Kier molecular flexibility index (Phi) is 1.92. The molecule has 0 bridgehead atoms. The lowest BCUT2D eigenvalue weighted by molar-refractivity contribution is 1.39. The number of nitrogens with zero attached hydrogens (tertiary/aromatic N) is 1. The molecule has 2 aromatic rings. The Morgan fingerprint density at radius 3 is 2.50 bits per heavy atom. The van der Waals surface area contributed by atoms with Gasteiger partial charge in [0.05, 0.1) is 11.2 Å². The maximum Gasteiger partial charge on any atom is 0.0811 e. The van der Waals surface area contributed by atoms with Crippen LogP contribution in [0.2, 0.25) is 0 Å². The zero-order valence-electron chi connectivity index (χ0n) is 6.82. The number of aryl methyl sites for hydroxylation is 1. The summed E-state index contributed by atoms with van der Waals surface area (Å²) >= 11 is 1.63. The number of rotatable bonds is 1. The van der Waals surface area contributed by atoms with Gasteiger partial charge in [0.25, 0.3) is 0 Å². The zero-order chi connectivity index (χ0) is 8.39. The molecule has 2 heteroatoms. The van der Waals surface area contributed by atoms with E-state index in [9.17, 15) is 0 Å². The third kappa shape index (κ3) is 1.38. The van der Waals surface area contributed by atoms with Crippen LogP contribution in [0, 0.1) is 6.92 Å². The lowest BCUT2D eigenvalue weighted by Crippen LogP contribution is -1.76. The Morgan fingerprint density at radius 1 is 1.17 bits per heavy atom. The standard InChI is InChI=1S/C10H9NS/c1-8-2-4-9(5-3-8)10-6-12-7-11-10/h2-7H,1H3. The van der Waals surface area contributed by atoms with Crippen molar-refractivity contribution in [3.63, 3.8) is 0 Å². The highest BCUT2D eigenvalue weighted by molar-refractivity contribution is 7.07. The molecule has 0 saturated carbocycles. The monoisotopic (exact) mass is 175 g/mol. The molecule has 1 nitrogen and oxygen atoms in total. The fourth-order valence-electron chi connectivity index (χ4n) is 1.08. The van der Waals surface area contributed by atoms with Gasteiger partial charge in [-0.3, -0.25) is 0 Å². The molecule has 1 aromatic heterocycles. The van der Waals surface area contributed by atoms with Gasteiger partial charge in [0, 0.05) is 10.9 Å². The fourth-order valence-corrected chi connectivity index (χ4v) is 1.64. The molecule has 1 heterocycles. The van der Waals surface area contributed by atoms with Gasteiger partial charge in [0.1, 0.15) is 0 Å². The largest absolute Gasteiger partial charge is 0.245 e. The van der Waals surface area contributed by atoms with Crippen LogP contribution in [0.3, 0.4) is 0 Å². The molecule has 0 amide bonds. The van der Waals surface area contributed by atoms with Gasteiger partial charge < -0.3 is 0 Å². The molecule has 12 heavy (non-hydrogen) atoms. The first-order valence-electron chi connectivity index (χ1n) is 3.81. The fraction of sp³-hybridized carbons (Fsp3) is 0.100. The highest BCUT2D eigenvalue weighted by Crippen LogP contribution is 2.18. The van der Waals surface area contributed by atoms with Crippen molar-refractivity contribution in [1.82, 2.24) is 4.98 Å². The van der Waals surface area contributed by atoms with Crippen molar-refractivity contribution in [2.75, 3.05) is 0 Å². The third-order valence-corrected chi connectivity index (χ3v) is 2.37. The third-order valence-electron chi connectivity index (χ3n) is 1.78. The molecule has 0 aliphatic heterocycles. The predicted octanol–water partition coefficient (Wildman–Crippen LogP) is 3.12. The topological polar surface area (TPSA) is 12.9 Å². The molecule has 0 aliphatic rings. The van der Waals surface area contributed by atoms with Gasteiger partial charge >= 0.3 is 0 Å². The summed E-state index contributed by atoms with van der Waals surface area (Å²) in [4.78, 5) is 4.23. The molecule has 2 rings (SSSR count). The summed E-state index contributed by atoms with van der Waals surface area (Å²) in [6.45, 7) is 2.09. The average molecular weight is 175 g/mol. The summed E-state index contributed by atoms with van der Waals surface area (Å²) in [5.41, 5.74) is 5.41. The van der Waals surface area contributed by atoms with Gasteiger partial charge in [-0.15, -0.1) is 11.3 Å². The van der Waals surface area contributed by atoms with Crippen molar-refractivity contribution in [3.05, 3.63) is 40.7 Å². The summed E-state index contributed by atoms with van der Waals surface area (Å²) in [6, 6.07) is 8.41. The van der Waals surface area contributed by atoms with E-state index in [2.05, 4.69) is 41.6 Å². The minimum atomic E-state index is 1.07. The normalized spacial score (nSPS) is 10.1. The molecule has 0 aliphatic carbocycles. The van der Waals surface area contributed by atoms with Crippen LogP contribution in [-0.4, -0.2) is 4.98 Å². The Labute approximate surface area is 75.7 Å². The van der Waals surface area contributed by atoms with Crippen molar-refractivity contribution in [2.45, 2.75) is 6.92 Å². The summed E-state index contributed by atoms with van der Waals surface area (Å²) in [7, 11) is 0. The molecule has 0 spiro atoms. The number of hydrogen-bond acceptors (Lipinski definition) is 2. The van der Waals surface area contributed by atoms with E-state index in [1.807, 2.05) is 5.51 Å². The summed E-state index contributed by atoms with van der Waals surface area (Å²) in [5, 5.41) is 2.06. The van der Waals surface area contributed by atoms with Crippen molar-refractivity contribution in [1.29, 1.82) is 0 Å². The van der Waals surface area contributed by atoms with E-state index in [0.29, 0.717) is 0 Å². The van der Waals surface area contributed by atoms with Gasteiger partial charge in [-0.05, 0) is 6.92 Å². The van der Waals surface area contributed by atoms with Crippen LogP contribution in [-0.2, 0) is 0 Å². The lowest BCUT2D eigenvalue weighted by Gasteiger charge is -1.95. The second-order valence-electron chi connectivity index (χ2n) is 2.74. The molecule has 0 unspecified atom stereocenters. The molecule has 0 fully saturated rings. The molecular formula is C10H9NS. The van der Waals surface area contributed by atoms with Crippen LogP contribution < -0.4 is 0 Å². The molecule has 0 N–H and O–H groups in total. The van der Waals surface area contributed by atoms with Crippen LogP contribution in [0.25, 0.3) is 11.3 Å². The van der Waals surface area contributed by atoms with E-state index in [-0.39, 0.29) is 0 Å². The molecule has 0 radical (unpaired) electrons. The predicted molar refractivity (Wildman–Crippen MR) is 52.3 cm³/mol. The van der Waals surface area contributed by atoms with E-state index in [4.69, 9.17) is 0 Å². The van der Waals surface area contributed by atoms with E-state index in [1.165, 1.54) is 11.1 Å². The lowest BCUT2D eigenvalue weighted by atomic mass is 10.1. The molecule has 0 atom stereocenters. The number of aromatic nitrogens is 1. The Bertz CT molecular complexity index is 348. The molecular weight excluding hydrogens is 166 g/mol. The second-order valence-corrected chi connectivity index (χ2v) is 3.46. The van der Waals surface area contributed by atoms with E-state index >= 15 is 0 Å². The second kappa shape index (κ2) is 3.07. The first-order chi connectivity index (χ1) is 5.86. The van der Waals surface area contributed by atoms with Crippen LogP contribution >= 0.6 is 11.3 Å². The van der Waals surface area contributed by atoms with Crippen LogP contribution in [0.1, 0.15) is 5.56 Å². The number of benzene rings is 1. The van der Waals surface area contributed by atoms with Gasteiger partial charge in [0.2, 0.25) is 0 Å². The summed E-state index contributed by atoms with van der Waals surface area (Å²) < 4.78 is 0. The van der Waals surface area contributed by atoms with E-state index in [1.54, 1.807) is 11.3 Å². The Hall–Kier alpha value is -1.15. The first kappa shape index (κ1) is 7.50. The summed E-state index contributed by atoms with van der Waals surface area (Å²) in [6.07, 6.45) is 0. The Balaban J connectivity index is 2.43. The van der Waals surface area contributed by atoms with Crippen LogP contribution in [0.4, 0.5) is 0 Å². The average Bonchev–Trinajstić information content (AvgIpc) is 2.58. The van der Waals surface area contributed by atoms with Crippen molar-refractivity contribution in [2.24, 2.45) is 0 Å². The van der Waals surface area contributed by atoms with Crippen LogP contribution in [0.5, 0.6) is 0 Å². The van der Waals surface area contributed by atoms with Crippen molar-refractivity contribution in [3.8, 4) is 11.3 Å². The van der Waals surface area contributed by atoms with E-state index in [0.717, 1.165) is 5.69 Å². The van der Waals surface area contributed by atoms with Crippen molar-refractivity contribution < 1.29 is 0 Å². The smallest absolute Gasteiger partial charge is 0.0811 e. The SMILES string of the molecule is Cc1ccc(-c2cscn2)cc1. The van der Waals surface area contributed by atoms with E-state index < -0.39 is 0 Å². The minimum absolute atomic E-state index is 1.07. The highest BCUT2D eigenvalue weighted by Gasteiger charge is 1.96.